The highest BCUT2D eigenvalue weighted by molar-refractivity contribution is 6.00. The van der Waals surface area contributed by atoms with Crippen LogP contribution < -0.4 is 5.32 Å². The molecule has 0 aliphatic carbocycles. The Morgan fingerprint density at radius 1 is 0.957 bits per heavy atom. The molecule has 0 bridgehead atoms. The molecule has 120 valence electrons. The maximum atomic E-state index is 12.2. The van der Waals surface area contributed by atoms with Crippen molar-refractivity contribution in [3.8, 4) is 5.75 Å². The lowest BCUT2D eigenvalue weighted by Crippen LogP contribution is -2.13. The molecule has 2 N–H and O–H groups in total. The van der Waals surface area contributed by atoms with Gasteiger partial charge in [-0.25, -0.2) is 0 Å². The normalized spacial score (nSPS) is 10.4. The van der Waals surface area contributed by atoms with Gasteiger partial charge >= 0.3 is 0 Å². The predicted molar refractivity (Wildman–Crippen MR) is 91.0 cm³/mol. The number of Topliss-reactive ketones (excluding diaryl/α,β-unsaturated/α-hetero) is 1. The fraction of sp³-hybridized carbons (Fsp3) is 0.263. The van der Waals surface area contributed by atoms with Gasteiger partial charge in [0.05, 0.1) is 5.69 Å². The van der Waals surface area contributed by atoms with E-state index in [1.807, 2.05) is 32.9 Å². The Kier molecular flexibility index (Phi) is 5.16. The molecular formula is C19H21NO3. The maximum Gasteiger partial charge on any atom is 0.224 e. The van der Waals surface area contributed by atoms with Crippen LogP contribution in [0.3, 0.4) is 0 Å². The highest BCUT2D eigenvalue weighted by Gasteiger charge is 2.11. The number of anilines is 1. The standard InChI is InChI=1S/C19H21NO3/c1-12-4-7-18(22)16(10-12)20-19(23)9-8-17(21)15-6-5-13(2)14(3)11-15/h4-7,10-11,22H,8-9H2,1-3H3,(H,20,23). The Labute approximate surface area is 136 Å². The summed E-state index contributed by atoms with van der Waals surface area (Å²) < 4.78 is 0. The van der Waals surface area contributed by atoms with E-state index < -0.39 is 0 Å². The molecule has 0 atom stereocenters. The molecule has 2 rings (SSSR count). The number of carbonyl (C=O) groups excluding carboxylic acids is 2. The van der Waals surface area contributed by atoms with Gasteiger partial charge in [-0.2, -0.15) is 0 Å². The first-order valence-electron chi connectivity index (χ1n) is 7.57. The molecule has 0 radical (unpaired) electrons. The van der Waals surface area contributed by atoms with Crippen molar-refractivity contribution >= 4 is 17.4 Å². The largest absolute Gasteiger partial charge is 0.506 e. The van der Waals surface area contributed by atoms with Gasteiger partial charge in [-0.1, -0.05) is 18.2 Å². The number of rotatable bonds is 5. The third kappa shape index (κ3) is 4.42. The summed E-state index contributed by atoms with van der Waals surface area (Å²) in [6.45, 7) is 5.82. The van der Waals surface area contributed by atoms with Crippen LogP contribution in [0.5, 0.6) is 5.75 Å². The van der Waals surface area contributed by atoms with Crippen molar-refractivity contribution in [2.45, 2.75) is 33.6 Å². The number of hydrogen-bond donors (Lipinski definition) is 2. The monoisotopic (exact) mass is 311 g/mol. The SMILES string of the molecule is Cc1ccc(O)c(NC(=O)CCC(=O)c2ccc(C)c(C)c2)c1. The lowest BCUT2D eigenvalue weighted by atomic mass is 10.0. The summed E-state index contributed by atoms with van der Waals surface area (Å²) in [5.41, 5.74) is 4.12. The average Bonchev–Trinajstić information content (AvgIpc) is 2.51. The van der Waals surface area contributed by atoms with E-state index in [-0.39, 0.29) is 30.3 Å². The minimum Gasteiger partial charge on any atom is -0.506 e. The summed E-state index contributed by atoms with van der Waals surface area (Å²) in [7, 11) is 0. The van der Waals surface area contributed by atoms with Gasteiger partial charge in [0.2, 0.25) is 5.91 Å². The summed E-state index contributed by atoms with van der Waals surface area (Å²) in [6.07, 6.45) is 0.222. The van der Waals surface area contributed by atoms with Gasteiger partial charge in [0.15, 0.2) is 5.78 Å². The van der Waals surface area contributed by atoms with E-state index in [4.69, 9.17) is 0 Å². The molecule has 0 saturated heterocycles. The first kappa shape index (κ1) is 16.7. The van der Waals surface area contributed by atoms with Crippen LogP contribution in [0.4, 0.5) is 5.69 Å². The first-order valence-corrected chi connectivity index (χ1v) is 7.57. The van der Waals surface area contributed by atoms with Gasteiger partial charge in [0.25, 0.3) is 0 Å². The second-order valence-corrected chi connectivity index (χ2v) is 5.79. The lowest BCUT2D eigenvalue weighted by molar-refractivity contribution is -0.116. The second kappa shape index (κ2) is 7.09. The number of aromatic hydroxyl groups is 1. The molecule has 0 aliphatic heterocycles. The molecule has 0 spiro atoms. The van der Waals surface area contributed by atoms with E-state index in [9.17, 15) is 14.7 Å². The number of ketones is 1. The maximum absolute atomic E-state index is 12.2. The van der Waals surface area contributed by atoms with Gasteiger partial charge < -0.3 is 10.4 Å². The van der Waals surface area contributed by atoms with Crippen molar-refractivity contribution in [3.63, 3.8) is 0 Å². The molecule has 0 heterocycles. The average molecular weight is 311 g/mol. The Balaban J connectivity index is 1.94. The van der Waals surface area contributed by atoms with Crippen LogP contribution in [0.1, 0.15) is 39.9 Å². The zero-order chi connectivity index (χ0) is 17.0. The summed E-state index contributed by atoms with van der Waals surface area (Å²) in [6, 6.07) is 10.5. The smallest absolute Gasteiger partial charge is 0.224 e. The predicted octanol–water partition coefficient (Wildman–Crippen LogP) is 3.92. The number of phenolic OH excluding ortho intramolecular Hbond substituents is 1. The molecule has 2 aromatic carbocycles. The van der Waals surface area contributed by atoms with Crippen molar-refractivity contribution in [1.29, 1.82) is 0 Å². The van der Waals surface area contributed by atoms with Gasteiger partial charge in [0, 0.05) is 18.4 Å². The Morgan fingerprint density at radius 2 is 1.70 bits per heavy atom. The van der Waals surface area contributed by atoms with E-state index in [2.05, 4.69) is 5.32 Å². The highest BCUT2D eigenvalue weighted by Crippen LogP contribution is 2.24. The zero-order valence-electron chi connectivity index (χ0n) is 13.6. The second-order valence-electron chi connectivity index (χ2n) is 5.79. The zero-order valence-corrected chi connectivity index (χ0v) is 13.6. The van der Waals surface area contributed by atoms with Crippen LogP contribution in [0.15, 0.2) is 36.4 Å². The van der Waals surface area contributed by atoms with Gasteiger partial charge in [0.1, 0.15) is 5.75 Å². The number of aryl methyl sites for hydroxylation is 3. The molecule has 4 heteroatoms. The number of carbonyl (C=O) groups is 2. The molecule has 0 unspecified atom stereocenters. The minimum atomic E-state index is -0.289. The van der Waals surface area contributed by atoms with Crippen LogP contribution in [0.25, 0.3) is 0 Å². The van der Waals surface area contributed by atoms with Gasteiger partial charge in [-0.05, 0) is 55.7 Å². The minimum absolute atomic E-state index is 0.0180. The molecule has 0 aliphatic rings. The first-order chi connectivity index (χ1) is 10.9. The Bertz CT molecular complexity index is 750. The van der Waals surface area contributed by atoms with E-state index in [1.54, 1.807) is 18.2 Å². The molecule has 0 fully saturated rings. The van der Waals surface area contributed by atoms with Crippen molar-refractivity contribution in [2.75, 3.05) is 5.32 Å². The number of phenols is 1. The summed E-state index contributed by atoms with van der Waals surface area (Å²) in [5.74, 6) is -0.329. The van der Waals surface area contributed by atoms with Gasteiger partial charge in [-0.15, -0.1) is 0 Å². The van der Waals surface area contributed by atoms with E-state index in [0.717, 1.165) is 16.7 Å². The fourth-order valence-corrected chi connectivity index (χ4v) is 2.25. The lowest BCUT2D eigenvalue weighted by Gasteiger charge is -2.08. The van der Waals surface area contributed by atoms with Crippen LogP contribution in [-0.2, 0) is 4.79 Å². The molecule has 2 aromatic rings. The van der Waals surface area contributed by atoms with Gasteiger partial charge in [-0.3, -0.25) is 9.59 Å². The third-order valence-electron chi connectivity index (χ3n) is 3.83. The summed E-state index contributed by atoms with van der Waals surface area (Å²) in [4.78, 5) is 24.1. The van der Waals surface area contributed by atoms with Crippen LogP contribution in [0.2, 0.25) is 0 Å². The summed E-state index contributed by atoms with van der Waals surface area (Å²) in [5, 5.41) is 12.4. The highest BCUT2D eigenvalue weighted by atomic mass is 16.3. The molecule has 1 amide bonds. The van der Waals surface area contributed by atoms with E-state index in [1.165, 1.54) is 6.07 Å². The van der Waals surface area contributed by atoms with Crippen molar-refractivity contribution in [2.24, 2.45) is 0 Å². The molecule has 0 aromatic heterocycles. The van der Waals surface area contributed by atoms with Crippen LogP contribution in [0, 0.1) is 20.8 Å². The van der Waals surface area contributed by atoms with Crippen LogP contribution >= 0.6 is 0 Å². The molecule has 0 saturated carbocycles. The topological polar surface area (TPSA) is 66.4 Å². The molecular weight excluding hydrogens is 290 g/mol. The van der Waals surface area contributed by atoms with Crippen molar-refractivity contribution in [3.05, 3.63) is 58.7 Å². The van der Waals surface area contributed by atoms with Crippen molar-refractivity contribution in [1.82, 2.24) is 0 Å². The molecule has 23 heavy (non-hydrogen) atoms. The van der Waals surface area contributed by atoms with E-state index >= 15 is 0 Å². The quantitative estimate of drug-likeness (QED) is 0.649. The summed E-state index contributed by atoms with van der Waals surface area (Å²) >= 11 is 0. The fourth-order valence-electron chi connectivity index (χ4n) is 2.25. The molecule has 4 nitrogen and oxygen atoms in total. The third-order valence-corrected chi connectivity index (χ3v) is 3.83. The number of amides is 1. The van der Waals surface area contributed by atoms with E-state index in [0.29, 0.717) is 11.3 Å². The Hall–Kier alpha value is -2.62. The number of hydrogen-bond acceptors (Lipinski definition) is 3. The Morgan fingerprint density at radius 3 is 2.39 bits per heavy atom. The number of nitrogens with one attached hydrogen (secondary N) is 1. The number of benzene rings is 2. The van der Waals surface area contributed by atoms with Crippen LogP contribution in [-0.4, -0.2) is 16.8 Å². The van der Waals surface area contributed by atoms with Crippen molar-refractivity contribution < 1.29 is 14.7 Å².